The molecule has 0 spiro atoms. The Morgan fingerprint density at radius 2 is 1.70 bits per heavy atom. The SMILES string of the molecule is CS(=O)(=O)N1CCCC(N2C(=O)c3ccccc3C2=O)C(=O)N1CC(=O)O. The van der Waals surface area contributed by atoms with Crippen LogP contribution in [0.2, 0.25) is 0 Å². The summed E-state index contributed by atoms with van der Waals surface area (Å²) in [6.07, 6.45) is 1.07. The fourth-order valence-electron chi connectivity index (χ4n) is 3.31. The second kappa shape index (κ2) is 6.74. The van der Waals surface area contributed by atoms with Gasteiger partial charge in [0.25, 0.3) is 17.7 Å². The number of benzene rings is 1. The molecule has 2 aliphatic heterocycles. The highest BCUT2D eigenvalue weighted by atomic mass is 32.2. The summed E-state index contributed by atoms with van der Waals surface area (Å²) >= 11 is 0. The number of carbonyl (C=O) groups excluding carboxylic acids is 3. The molecule has 0 aromatic heterocycles. The Bertz CT molecular complexity index is 908. The van der Waals surface area contributed by atoms with Crippen LogP contribution in [-0.4, -0.2) is 76.9 Å². The number of fused-ring (bicyclic) bond motifs is 1. The molecule has 2 aliphatic rings. The molecule has 11 heteroatoms. The number of amides is 3. The van der Waals surface area contributed by atoms with E-state index in [-0.39, 0.29) is 30.5 Å². The van der Waals surface area contributed by atoms with E-state index in [1.165, 1.54) is 12.1 Å². The molecular formula is C16H17N3O7S. The molecule has 0 radical (unpaired) electrons. The molecule has 0 saturated carbocycles. The molecule has 1 N–H and O–H groups in total. The summed E-state index contributed by atoms with van der Waals surface area (Å²) in [5.74, 6) is -3.65. The van der Waals surface area contributed by atoms with Gasteiger partial charge >= 0.3 is 5.97 Å². The van der Waals surface area contributed by atoms with Crippen LogP contribution in [0.3, 0.4) is 0 Å². The number of hydrazine groups is 1. The van der Waals surface area contributed by atoms with Crippen LogP contribution in [0, 0.1) is 0 Å². The Hall–Kier alpha value is -2.79. The van der Waals surface area contributed by atoms with Gasteiger partial charge in [-0.2, -0.15) is 0 Å². The number of carbonyl (C=O) groups is 4. The summed E-state index contributed by atoms with van der Waals surface area (Å²) < 4.78 is 24.7. The number of sulfonamides is 1. The molecule has 0 bridgehead atoms. The minimum atomic E-state index is -3.92. The van der Waals surface area contributed by atoms with Crippen molar-refractivity contribution in [2.75, 3.05) is 19.3 Å². The quantitative estimate of drug-likeness (QED) is 0.682. The zero-order valence-electron chi connectivity index (χ0n) is 14.4. The topological polar surface area (TPSA) is 132 Å². The first-order valence-corrected chi connectivity index (χ1v) is 9.95. The van der Waals surface area contributed by atoms with Gasteiger partial charge in [-0.25, -0.2) is 13.4 Å². The third-order valence-corrected chi connectivity index (χ3v) is 5.59. The number of carboxylic acids is 1. The van der Waals surface area contributed by atoms with Crippen molar-refractivity contribution in [1.29, 1.82) is 0 Å². The lowest BCUT2D eigenvalue weighted by atomic mass is 10.1. The van der Waals surface area contributed by atoms with Crippen LogP contribution in [-0.2, 0) is 19.6 Å². The Labute approximate surface area is 155 Å². The Morgan fingerprint density at radius 1 is 1.15 bits per heavy atom. The third-order valence-electron chi connectivity index (χ3n) is 4.44. The first-order valence-electron chi connectivity index (χ1n) is 8.10. The molecule has 144 valence electrons. The van der Waals surface area contributed by atoms with Crippen molar-refractivity contribution in [3.05, 3.63) is 35.4 Å². The molecule has 10 nitrogen and oxygen atoms in total. The van der Waals surface area contributed by atoms with Gasteiger partial charge in [0.05, 0.1) is 17.4 Å². The fraction of sp³-hybridized carbons (Fsp3) is 0.375. The number of rotatable bonds is 4. The summed E-state index contributed by atoms with van der Waals surface area (Å²) in [6.45, 7) is -1.02. The van der Waals surface area contributed by atoms with E-state index in [0.29, 0.717) is 9.42 Å². The van der Waals surface area contributed by atoms with Gasteiger partial charge in [0.15, 0.2) is 0 Å². The highest BCUT2D eigenvalue weighted by Crippen LogP contribution is 2.29. The molecule has 0 aliphatic carbocycles. The fourth-order valence-corrected chi connectivity index (χ4v) is 4.26. The van der Waals surface area contributed by atoms with Crippen molar-refractivity contribution in [2.45, 2.75) is 18.9 Å². The number of carboxylic acid groups (broad SMARTS) is 1. The Morgan fingerprint density at radius 3 is 2.19 bits per heavy atom. The van der Waals surface area contributed by atoms with Crippen molar-refractivity contribution in [2.24, 2.45) is 0 Å². The van der Waals surface area contributed by atoms with E-state index in [1.807, 2.05) is 0 Å². The molecule has 1 unspecified atom stereocenters. The van der Waals surface area contributed by atoms with Gasteiger partial charge in [0.1, 0.15) is 12.6 Å². The molecule has 27 heavy (non-hydrogen) atoms. The molecule has 1 aromatic rings. The maximum Gasteiger partial charge on any atom is 0.324 e. The Balaban J connectivity index is 2.00. The second-order valence-electron chi connectivity index (χ2n) is 6.28. The van der Waals surface area contributed by atoms with Crippen molar-refractivity contribution >= 4 is 33.7 Å². The van der Waals surface area contributed by atoms with Crippen LogP contribution < -0.4 is 0 Å². The minimum absolute atomic E-state index is 0.0342. The standard InChI is InChI=1S/C16H17N3O7S/c1-27(25,26)18-8-4-7-12(16(24)17(18)9-13(20)21)19-14(22)10-5-2-3-6-11(10)15(19)23/h2-3,5-6,12H,4,7-9H2,1H3,(H,20,21). The van der Waals surface area contributed by atoms with Gasteiger partial charge in [-0.1, -0.05) is 12.1 Å². The van der Waals surface area contributed by atoms with Crippen LogP contribution in [0.15, 0.2) is 24.3 Å². The van der Waals surface area contributed by atoms with Gasteiger partial charge < -0.3 is 5.11 Å². The first-order chi connectivity index (χ1) is 12.6. The number of aliphatic carboxylic acids is 1. The van der Waals surface area contributed by atoms with Gasteiger partial charge in [-0.3, -0.25) is 24.1 Å². The summed E-state index contributed by atoms with van der Waals surface area (Å²) in [4.78, 5) is 50.3. The molecule has 3 amide bonds. The van der Waals surface area contributed by atoms with Crippen LogP contribution in [0.5, 0.6) is 0 Å². The van der Waals surface area contributed by atoms with E-state index < -0.39 is 46.3 Å². The largest absolute Gasteiger partial charge is 0.480 e. The zero-order chi connectivity index (χ0) is 19.9. The summed E-state index contributed by atoms with van der Waals surface area (Å²) in [5.41, 5.74) is 0.314. The average molecular weight is 395 g/mol. The summed E-state index contributed by atoms with van der Waals surface area (Å²) in [6, 6.07) is 4.83. The first kappa shape index (κ1) is 19.0. The van der Waals surface area contributed by atoms with Gasteiger partial charge in [-0.15, -0.1) is 4.41 Å². The number of hydrogen-bond acceptors (Lipinski definition) is 6. The van der Waals surface area contributed by atoms with Gasteiger partial charge in [0.2, 0.25) is 10.0 Å². The summed E-state index contributed by atoms with van der Waals surface area (Å²) in [7, 11) is -3.92. The molecule has 2 heterocycles. The van der Waals surface area contributed by atoms with Crippen LogP contribution in [0.4, 0.5) is 0 Å². The molecule has 3 rings (SSSR count). The highest BCUT2D eigenvalue weighted by Gasteiger charge is 2.47. The molecular weight excluding hydrogens is 378 g/mol. The lowest BCUT2D eigenvalue weighted by molar-refractivity contribution is -0.153. The number of imide groups is 1. The predicted octanol–water partition coefficient (Wildman–Crippen LogP) is -0.465. The van der Waals surface area contributed by atoms with E-state index >= 15 is 0 Å². The summed E-state index contributed by atoms with van der Waals surface area (Å²) in [5, 5.41) is 9.68. The molecule has 1 atom stereocenters. The van der Waals surface area contributed by atoms with Crippen molar-refractivity contribution in [3.8, 4) is 0 Å². The van der Waals surface area contributed by atoms with Crippen LogP contribution in [0.1, 0.15) is 33.6 Å². The third kappa shape index (κ3) is 3.30. The normalized spacial score (nSPS) is 21.4. The van der Waals surface area contributed by atoms with E-state index in [4.69, 9.17) is 5.11 Å². The smallest absolute Gasteiger partial charge is 0.324 e. The second-order valence-corrected chi connectivity index (χ2v) is 8.17. The van der Waals surface area contributed by atoms with Crippen molar-refractivity contribution in [3.63, 3.8) is 0 Å². The average Bonchev–Trinajstić information content (AvgIpc) is 2.72. The minimum Gasteiger partial charge on any atom is -0.480 e. The van der Waals surface area contributed by atoms with Crippen molar-refractivity contribution < 1.29 is 32.7 Å². The van der Waals surface area contributed by atoms with Crippen molar-refractivity contribution in [1.82, 2.24) is 14.3 Å². The highest BCUT2D eigenvalue weighted by molar-refractivity contribution is 7.88. The molecule has 1 fully saturated rings. The zero-order valence-corrected chi connectivity index (χ0v) is 15.2. The van der Waals surface area contributed by atoms with Crippen LogP contribution in [0.25, 0.3) is 0 Å². The predicted molar refractivity (Wildman–Crippen MR) is 90.9 cm³/mol. The molecule has 1 aromatic carbocycles. The molecule has 1 saturated heterocycles. The van der Waals surface area contributed by atoms with E-state index in [1.54, 1.807) is 12.1 Å². The van der Waals surface area contributed by atoms with E-state index in [9.17, 15) is 27.6 Å². The maximum absolute atomic E-state index is 13.0. The maximum atomic E-state index is 13.0. The van der Waals surface area contributed by atoms with E-state index in [0.717, 1.165) is 11.2 Å². The van der Waals surface area contributed by atoms with Gasteiger partial charge in [-0.05, 0) is 25.0 Å². The number of nitrogens with zero attached hydrogens (tertiary/aromatic N) is 3. The monoisotopic (exact) mass is 395 g/mol. The lowest BCUT2D eigenvalue weighted by Gasteiger charge is -2.32. The Kier molecular flexibility index (Phi) is 4.74. The number of hydrogen-bond donors (Lipinski definition) is 1. The van der Waals surface area contributed by atoms with E-state index in [2.05, 4.69) is 0 Å². The van der Waals surface area contributed by atoms with Crippen LogP contribution >= 0.6 is 0 Å². The lowest BCUT2D eigenvalue weighted by Crippen LogP contribution is -2.56. The van der Waals surface area contributed by atoms with Gasteiger partial charge in [0, 0.05) is 6.54 Å².